The van der Waals surface area contributed by atoms with E-state index >= 15 is 0 Å². The molecule has 2 nitrogen and oxygen atoms in total. The molecule has 1 aromatic rings. The van der Waals surface area contributed by atoms with Crippen molar-refractivity contribution in [1.29, 1.82) is 0 Å². The van der Waals surface area contributed by atoms with E-state index in [4.69, 9.17) is 0 Å². The first-order valence-electron chi connectivity index (χ1n) is 3.15. The van der Waals surface area contributed by atoms with E-state index in [1.807, 2.05) is 0 Å². The van der Waals surface area contributed by atoms with Crippen molar-refractivity contribution in [3.8, 4) is 0 Å². The summed E-state index contributed by atoms with van der Waals surface area (Å²) in [5, 5.41) is 0. The van der Waals surface area contributed by atoms with E-state index in [0.29, 0.717) is 0 Å². The normalized spacial score (nSPS) is 9.64. The minimum absolute atomic E-state index is 0.0255. The number of aromatic nitrogens is 1. The van der Waals surface area contributed by atoms with Crippen LogP contribution in [0.4, 0.5) is 0 Å². The maximum Gasteiger partial charge on any atom is 0.251 e. The molecule has 0 amide bonds. The van der Waals surface area contributed by atoms with Crippen molar-refractivity contribution in [1.82, 2.24) is 4.57 Å². The number of pyridine rings is 1. The Kier molecular flexibility index (Phi) is 2.29. The Morgan fingerprint density at radius 3 is 2.82 bits per heavy atom. The van der Waals surface area contributed by atoms with Crippen LogP contribution in [0.3, 0.4) is 0 Å². The molecule has 0 aliphatic rings. The molecular weight excluding hydrogens is 206 g/mol. The molecule has 11 heavy (non-hydrogen) atoms. The molecule has 0 spiro atoms. The summed E-state index contributed by atoms with van der Waals surface area (Å²) in [5.74, 6) is 0. The van der Waals surface area contributed by atoms with Crippen LogP contribution in [0.25, 0.3) is 6.08 Å². The molecule has 0 aliphatic carbocycles. The van der Waals surface area contributed by atoms with Gasteiger partial charge in [0.1, 0.15) is 0 Å². The van der Waals surface area contributed by atoms with Gasteiger partial charge in [-0.25, -0.2) is 0 Å². The minimum atomic E-state index is -0.0255. The highest BCUT2D eigenvalue weighted by Crippen LogP contribution is 2.13. The average molecular weight is 214 g/mol. The molecule has 0 saturated heterocycles. The van der Waals surface area contributed by atoms with Gasteiger partial charge in [-0.2, -0.15) is 0 Å². The van der Waals surface area contributed by atoms with Crippen molar-refractivity contribution in [2.75, 3.05) is 0 Å². The Morgan fingerprint density at radius 1 is 1.64 bits per heavy atom. The molecule has 0 atom stereocenters. The molecule has 1 rings (SSSR count). The molecule has 0 N–H and O–H groups in total. The Bertz CT molecular complexity index is 340. The van der Waals surface area contributed by atoms with Gasteiger partial charge in [0.15, 0.2) is 0 Å². The van der Waals surface area contributed by atoms with Gasteiger partial charge in [0.2, 0.25) is 0 Å². The Morgan fingerprint density at radius 2 is 2.27 bits per heavy atom. The first kappa shape index (κ1) is 8.27. The number of rotatable bonds is 1. The lowest BCUT2D eigenvalue weighted by atomic mass is 10.3. The topological polar surface area (TPSA) is 22.0 Å². The molecule has 0 unspecified atom stereocenters. The summed E-state index contributed by atoms with van der Waals surface area (Å²) in [6.07, 6.45) is 1.70. The molecule has 0 fully saturated rings. The number of hydrogen-bond donors (Lipinski definition) is 0. The largest absolute Gasteiger partial charge is 0.305 e. The summed E-state index contributed by atoms with van der Waals surface area (Å²) in [6, 6.07) is 3.25. The molecule has 1 aromatic heterocycles. The van der Waals surface area contributed by atoms with Crippen molar-refractivity contribution < 1.29 is 0 Å². The van der Waals surface area contributed by atoms with E-state index < -0.39 is 0 Å². The second kappa shape index (κ2) is 3.05. The molecular formula is C8H8BrNO. The summed E-state index contributed by atoms with van der Waals surface area (Å²) in [4.78, 5) is 11.0. The summed E-state index contributed by atoms with van der Waals surface area (Å²) >= 11 is 3.28. The lowest BCUT2D eigenvalue weighted by Crippen LogP contribution is -2.16. The molecule has 0 radical (unpaired) electrons. The highest BCUT2D eigenvalue weighted by Gasteiger charge is 1.99. The molecule has 1 heterocycles. The highest BCUT2D eigenvalue weighted by molar-refractivity contribution is 9.10. The third-order valence-electron chi connectivity index (χ3n) is 1.49. The zero-order chi connectivity index (χ0) is 8.43. The van der Waals surface area contributed by atoms with Crippen LogP contribution in [-0.4, -0.2) is 4.57 Å². The smallest absolute Gasteiger partial charge is 0.251 e. The van der Waals surface area contributed by atoms with Crippen molar-refractivity contribution >= 4 is 22.0 Å². The fourth-order valence-corrected chi connectivity index (χ4v) is 1.25. The Hall–Kier alpha value is -0.830. The first-order chi connectivity index (χ1) is 5.16. The van der Waals surface area contributed by atoms with Crippen LogP contribution in [0, 0.1) is 0 Å². The van der Waals surface area contributed by atoms with E-state index in [9.17, 15) is 4.79 Å². The predicted molar refractivity (Wildman–Crippen MR) is 49.5 cm³/mol. The van der Waals surface area contributed by atoms with E-state index in [1.165, 1.54) is 10.6 Å². The fourth-order valence-electron chi connectivity index (χ4n) is 0.784. The van der Waals surface area contributed by atoms with Gasteiger partial charge in [-0.15, -0.1) is 0 Å². The molecule has 3 heteroatoms. The van der Waals surface area contributed by atoms with Gasteiger partial charge in [-0.1, -0.05) is 12.7 Å². The maximum absolute atomic E-state index is 11.0. The van der Waals surface area contributed by atoms with Gasteiger partial charge in [0.05, 0.1) is 4.60 Å². The van der Waals surface area contributed by atoms with Crippen molar-refractivity contribution in [2.24, 2.45) is 7.05 Å². The lowest BCUT2D eigenvalue weighted by molar-refractivity contribution is 0.832. The van der Waals surface area contributed by atoms with Crippen molar-refractivity contribution in [3.05, 3.63) is 39.2 Å². The maximum atomic E-state index is 11.0. The van der Waals surface area contributed by atoms with Crippen LogP contribution < -0.4 is 5.56 Å². The van der Waals surface area contributed by atoms with E-state index in [1.54, 1.807) is 19.2 Å². The molecule has 0 aliphatic heterocycles. The van der Waals surface area contributed by atoms with E-state index in [-0.39, 0.29) is 5.56 Å². The zero-order valence-electron chi connectivity index (χ0n) is 6.17. The molecule has 0 saturated carbocycles. The van der Waals surface area contributed by atoms with Gasteiger partial charge in [-0.05, 0) is 22.0 Å². The first-order valence-corrected chi connectivity index (χ1v) is 3.94. The van der Waals surface area contributed by atoms with Crippen LogP contribution in [0.1, 0.15) is 5.56 Å². The molecule has 58 valence electrons. The average Bonchev–Trinajstić information content (AvgIpc) is 2.01. The summed E-state index contributed by atoms with van der Waals surface area (Å²) in [7, 11) is 1.71. The van der Waals surface area contributed by atoms with Gasteiger partial charge in [-0.3, -0.25) is 4.79 Å². The highest BCUT2D eigenvalue weighted by atomic mass is 79.9. The van der Waals surface area contributed by atoms with Crippen LogP contribution in [0.2, 0.25) is 0 Å². The quantitative estimate of drug-likeness (QED) is 0.653. The minimum Gasteiger partial charge on any atom is -0.305 e. The zero-order valence-corrected chi connectivity index (χ0v) is 7.76. The van der Waals surface area contributed by atoms with E-state index in [2.05, 4.69) is 22.5 Å². The predicted octanol–water partition coefficient (Wildman–Crippen LogP) is 1.79. The Balaban J connectivity index is 3.48. The molecule has 0 bridgehead atoms. The van der Waals surface area contributed by atoms with Gasteiger partial charge in [0, 0.05) is 18.7 Å². The summed E-state index contributed by atoms with van der Waals surface area (Å²) in [6.45, 7) is 3.62. The van der Waals surface area contributed by atoms with E-state index in [0.717, 1.165) is 10.2 Å². The summed E-state index contributed by atoms with van der Waals surface area (Å²) in [5.41, 5.74) is 0.898. The number of halogens is 1. The van der Waals surface area contributed by atoms with Crippen LogP contribution in [-0.2, 0) is 7.05 Å². The number of nitrogens with zero attached hydrogens (tertiary/aromatic N) is 1. The second-order valence-electron chi connectivity index (χ2n) is 2.18. The van der Waals surface area contributed by atoms with Gasteiger partial charge in [0.25, 0.3) is 5.56 Å². The number of hydrogen-bond acceptors (Lipinski definition) is 1. The lowest BCUT2D eigenvalue weighted by Gasteiger charge is -2.02. The van der Waals surface area contributed by atoms with Gasteiger partial charge >= 0.3 is 0 Å². The third-order valence-corrected chi connectivity index (χ3v) is 2.48. The monoisotopic (exact) mass is 213 g/mol. The summed E-state index contributed by atoms with van der Waals surface area (Å²) < 4.78 is 2.29. The SMILES string of the molecule is C=Cc1ccc(=O)n(C)c1Br. The Labute approximate surface area is 73.3 Å². The second-order valence-corrected chi connectivity index (χ2v) is 2.93. The fraction of sp³-hybridized carbons (Fsp3) is 0.125. The van der Waals surface area contributed by atoms with Crippen LogP contribution >= 0.6 is 15.9 Å². The van der Waals surface area contributed by atoms with Crippen LogP contribution in [0.15, 0.2) is 28.1 Å². The van der Waals surface area contributed by atoms with Crippen molar-refractivity contribution in [2.45, 2.75) is 0 Å². The van der Waals surface area contributed by atoms with Crippen molar-refractivity contribution in [3.63, 3.8) is 0 Å². The van der Waals surface area contributed by atoms with Crippen LogP contribution in [0.5, 0.6) is 0 Å². The van der Waals surface area contributed by atoms with Gasteiger partial charge < -0.3 is 4.57 Å². The standard InChI is InChI=1S/C8H8BrNO/c1-3-6-4-5-7(11)10(2)8(6)9/h3-5H,1H2,2H3. The molecule has 0 aromatic carbocycles. The third kappa shape index (κ3) is 1.43.